The maximum absolute atomic E-state index is 12.7. The second kappa shape index (κ2) is 5.73. The van der Waals surface area contributed by atoms with Crippen molar-refractivity contribution in [3.05, 3.63) is 0 Å². The number of hydrogen-bond acceptors (Lipinski definition) is 2. The third-order valence-corrected chi connectivity index (χ3v) is 3.36. The monoisotopic (exact) mass is 310 g/mol. The first-order valence-corrected chi connectivity index (χ1v) is 6.72. The summed E-state index contributed by atoms with van der Waals surface area (Å²) >= 11 is 0. The van der Waals surface area contributed by atoms with Crippen molar-refractivity contribution in [3.63, 3.8) is 0 Å². The number of aliphatic carboxylic acids is 1. The molecule has 0 heterocycles. The van der Waals surface area contributed by atoms with Crippen molar-refractivity contribution in [2.75, 3.05) is 6.54 Å². The SMILES string of the molecule is CC(C)(C)CC(CNC(=O)NC1(C(F)(F)F)CC1)C(=O)O. The lowest BCUT2D eigenvalue weighted by atomic mass is 9.84. The molecule has 8 heteroatoms. The van der Waals surface area contributed by atoms with Gasteiger partial charge in [0.05, 0.1) is 5.92 Å². The van der Waals surface area contributed by atoms with Gasteiger partial charge < -0.3 is 15.7 Å². The summed E-state index contributed by atoms with van der Waals surface area (Å²) < 4.78 is 38.0. The summed E-state index contributed by atoms with van der Waals surface area (Å²) in [7, 11) is 0. The van der Waals surface area contributed by atoms with Gasteiger partial charge in [0, 0.05) is 6.54 Å². The summed E-state index contributed by atoms with van der Waals surface area (Å²) in [6.45, 7) is 5.36. The van der Waals surface area contributed by atoms with E-state index >= 15 is 0 Å². The number of hydrogen-bond donors (Lipinski definition) is 3. The molecule has 1 rings (SSSR count). The summed E-state index contributed by atoms with van der Waals surface area (Å²) in [5, 5.41) is 13.2. The third kappa shape index (κ3) is 5.09. The number of carboxylic acids is 1. The van der Waals surface area contributed by atoms with Crippen LogP contribution in [0.15, 0.2) is 0 Å². The van der Waals surface area contributed by atoms with Crippen molar-refractivity contribution in [1.29, 1.82) is 0 Å². The van der Waals surface area contributed by atoms with Gasteiger partial charge in [-0.1, -0.05) is 20.8 Å². The predicted molar refractivity (Wildman–Crippen MR) is 69.8 cm³/mol. The average molecular weight is 310 g/mol. The van der Waals surface area contributed by atoms with Crippen LogP contribution in [-0.4, -0.2) is 35.4 Å². The Hall–Kier alpha value is -1.47. The van der Waals surface area contributed by atoms with Gasteiger partial charge in [-0.15, -0.1) is 0 Å². The van der Waals surface area contributed by atoms with E-state index in [4.69, 9.17) is 5.11 Å². The molecule has 0 radical (unpaired) electrons. The van der Waals surface area contributed by atoms with E-state index < -0.39 is 29.6 Å². The Kier molecular flexibility index (Phi) is 4.80. The molecule has 0 bridgehead atoms. The first kappa shape index (κ1) is 17.6. The van der Waals surface area contributed by atoms with Crippen LogP contribution in [0.3, 0.4) is 0 Å². The fraction of sp³-hybridized carbons (Fsp3) is 0.846. The van der Waals surface area contributed by atoms with E-state index in [1.165, 1.54) is 0 Å². The Labute approximate surface area is 121 Å². The van der Waals surface area contributed by atoms with Gasteiger partial charge in [0.25, 0.3) is 0 Å². The number of urea groups is 1. The molecule has 5 nitrogen and oxygen atoms in total. The van der Waals surface area contributed by atoms with Crippen molar-refractivity contribution >= 4 is 12.0 Å². The minimum atomic E-state index is -4.48. The standard InChI is InChI=1S/C13H21F3N2O3/c1-11(2,3)6-8(9(19)20)7-17-10(21)18-12(4-5-12)13(14,15)16/h8H,4-7H2,1-3H3,(H,19,20)(H2,17,18,21). The second-order valence-corrected chi connectivity index (χ2v) is 6.71. The van der Waals surface area contributed by atoms with E-state index in [1.54, 1.807) is 0 Å². The van der Waals surface area contributed by atoms with Crippen molar-refractivity contribution < 1.29 is 27.9 Å². The van der Waals surface area contributed by atoms with E-state index in [-0.39, 0.29) is 24.8 Å². The highest BCUT2D eigenvalue weighted by Crippen LogP contribution is 2.48. The minimum absolute atomic E-state index is 0.145. The van der Waals surface area contributed by atoms with Crippen LogP contribution in [0.4, 0.5) is 18.0 Å². The maximum Gasteiger partial charge on any atom is 0.411 e. The average Bonchev–Trinajstić information content (AvgIpc) is 3.02. The molecule has 1 fully saturated rings. The molecular weight excluding hydrogens is 289 g/mol. The number of carboxylic acid groups (broad SMARTS) is 1. The lowest BCUT2D eigenvalue weighted by Crippen LogP contribution is -2.52. The number of carbonyl (C=O) groups is 2. The van der Waals surface area contributed by atoms with E-state index in [1.807, 2.05) is 26.1 Å². The van der Waals surface area contributed by atoms with E-state index in [0.717, 1.165) is 0 Å². The molecule has 3 N–H and O–H groups in total. The molecule has 0 aromatic rings. The molecule has 0 spiro atoms. The minimum Gasteiger partial charge on any atom is -0.481 e. The van der Waals surface area contributed by atoms with Gasteiger partial charge in [-0.25, -0.2) is 4.79 Å². The van der Waals surface area contributed by atoms with Crippen LogP contribution in [-0.2, 0) is 4.79 Å². The molecule has 1 aliphatic carbocycles. The van der Waals surface area contributed by atoms with Gasteiger partial charge in [-0.2, -0.15) is 13.2 Å². The summed E-state index contributed by atoms with van der Waals surface area (Å²) in [4.78, 5) is 22.6. The van der Waals surface area contributed by atoms with Gasteiger partial charge in [-0.05, 0) is 24.7 Å². The summed E-state index contributed by atoms with van der Waals surface area (Å²) in [6.07, 6.45) is -4.46. The van der Waals surface area contributed by atoms with E-state index in [2.05, 4.69) is 5.32 Å². The number of halogens is 3. The molecule has 0 aromatic heterocycles. The lowest BCUT2D eigenvalue weighted by molar-refractivity contribution is -0.162. The molecule has 1 aliphatic rings. The summed E-state index contributed by atoms with van der Waals surface area (Å²) in [5.74, 6) is -1.92. The molecule has 1 atom stereocenters. The van der Waals surface area contributed by atoms with Gasteiger partial charge in [0.2, 0.25) is 0 Å². The highest BCUT2D eigenvalue weighted by molar-refractivity contribution is 5.77. The van der Waals surface area contributed by atoms with Crippen LogP contribution in [0.25, 0.3) is 0 Å². The number of amides is 2. The Morgan fingerprint density at radius 1 is 1.24 bits per heavy atom. The van der Waals surface area contributed by atoms with Gasteiger partial charge in [0.1, 0.15) is 5.54 Å². The summed E-state index contributed by atoms with van der Waals surface area (Å²) in [6, 6.07) is -0.981. The molecule has 0 saturated heterocycles. The fourth-order valence-electron chi connectivity index (χ4n) is 2.07. The first-order chi connectivity index (χ1) is 9.36. The smallest absolute Gasteiger partial charge is 0.411 e. The predicted octanol–water partition coefficient (Wildman–Crippen LogP) is 2.52. The highest BCUT2D eigenvalue weighted by Gasteiger charge is 2.64. The Balaban J connectivity index is 2.50. The molecule has 2 amide bonds. The molecule has 0 aromatic carbocycles. The molecular formula is C13H21F3N2O3. The molecule has 122 valence electrons. The maximum atomic E-state index is 12.7. The van der Waals surface area contributed by atoms with Crippen LogP contribution >= 0.6 is 0 Å². The first-order valence-electron chi connectivity index (χ1n) is 6.72. The van der Waals surface area contributed by atoms with Crippen LogP contribution in [0, 0.1) is 11.3 Å². The van der Waals surface area contributed by atoms with Crippen LogP contribution in [0.5, 0.6) is 0 Å². The fourth-order valence-corrected chi connectivity index (χ4v) is 2.07. The van der Waals surface area contributed by atoms with Crippen molar-refractivity contribution in [1.82, 2.24) is 10.6 Å². The largest absolute Gasteiger partial charge is 0.481 e. The van der Waals surface area contributed by atoms with Crippen LogP contribution < -0.4 is 10.6 Å². The quantitative estimate of drug-likeness (QED) is 0.730. The van der Waals surface area contributed by atoms with Gasteiger partial charge in [-0.3, -0.25) is 4.79 Å². The topological polar surface area (TPSA) is 78.4 Å². The Bertz CT molecular complexity index is 412. The van der Waals surface area contributed by atoms with Crippen molar-refractivity contribution in [3.8, 4) is 0 Å². The highest BCUT2D eigenvalue weighted by atomic mass is 19.4. The molecule has 0 aliphatic heterocycles. The van der Waals surface area contributed by atoms with Crippen molar-refractivity contribution in [2.24, 2.45) is 11.3 Å². The van der Waals surface area contributed by atoms with Crippen molar-refractivity contribution in [2.45, 2.75) is 51.7 Å². The zero-order chi connectivity index (χ0) is 16.5. The van der Waals surface area contributed by atoms with Gasteiger partial charge in [0.15, 0.2) is 0 Å². The van der Waals surface area contributed by atoms with Crippen LogP contribution in [0.1, 0.15) is 40.0 Å². The van der Waals surface area contributed by atoms with Crippen LogP contribution in [0.2, 0.25) is 0 Å². The van der Waals surface area contributed by atoms with E-state index in [0.29, 0.717) is 6.42 Å². The number of nitrogens with one attached hydrogen (secondary N) is 2. The summed E-state index contributed by atoms with van der Waals surface area (Å²) in [5.41, 5.74) is -2.40. The molecule has 1 unspecified atom stereocenters. The van der Waals surface area contributed by atoms with Gasteiger partial charge >= 0.3 is 18.2 Å². The van der Waals surface area contributed by atoms with E-state index in [9.17, 15) is 22.8 Å². The second-order valence-electron chi connectivity index (χ2n) is 6.71. The third-order valence-electron chi connectivity index (χ3n) is 3.36. The molecule has 21 heavy (non-hydrogen) atoms. The lowest BCUT2D eigenvalue weighted by Gasteiger charge is -2.24. The Morgan fingerprint density at radius 2 is 1.76 bits per heavy atom. The molecule has 1 saturated carbocycles. The zero-order valence-corrected chi connectivity index (χ0v) is 12.3. The zero-order valence-electron chi connectivity index (χ0n) is 12.3. The number of alkyl halides is 3. The Morgan fingerprint density at radius 3 is 2.10 bits per heavy atom. The number of carbonyl (C=O) groups excluding carboxylic acids is 1. The normalized spacial score (nSPS) is 18.8. The number of rotatable bonds is 5.